The van der Waals surface area contributed by atoms with Crippen LogP contribution < -0.4 is 5.32 Å². The van der Waals surface area contributed by atoms with Crippen LogP contribution in [0.2, 0.25) is 0 Å². The van der Waals surface area contributed by atoms with E-state index in [9.17, 15) is 4.79 Å². The number of nitrogens with one attached hydrogen (secondary N) is 1. The molecule has 1 fully saturated rings. The van der Waals surface area contributed by atoms with Crippen LogP contribution in [0.3, 0.4) is 0 Å². The molecule has 1 aromatic heterocycles. The van der Waals surface area contributed by atoms with Crippen molar-refractivity contribution in [2.24, 2.45) is 0 Å². The van der Waals surface area contributed by atoms with Gasteiger partial charge in [0, 0.05) is 32.0 Å². The molecule has 0 bridgehead atoms. The predicted molar refractivity (Wildman–Crippen MR) is 94.9 cm³/mol. The average Bonchev–Trinajstić information content (AvgIpc) is 2.89. The maximum Gasteiger partial charge on any atom is 0.256 e. The van der Waals surface area contributed by atoms with Crippen LogP contribution in [0, 0.1) is 6.92 Å². The number of nitrogens with zero attached hydrogens (tertiary/aromatic N) is 3. The number of anilines is 1. The molecule has 0 unspecified atom stereocenters. The number of hydrogen-bond donors (Lipinski definition) is 1. The van der Waals surface area contributed by atoms with Crippen LogP contribution in [0.15, 0.2) is 36.7 Å². The summed E-state index contributed by atoms with van der Waals surface area (Å²) in [6.07, 6.45) is 7.84. The summed E-state index contributed by atoms with van der Waals surface area (Å²) in [7, 11) is 0. The van der Waals surface area contributed by atoms with Crippen molar-refractivity contribution in [2.75, 3.05) is 18.4 Å². The molecule has 0 aliphatic carbocycles. The van der Waals surface area contributed by atoms with Crippen molar-refractivity contribution in [3.63, 3.8) is 0 Å². The Morgan fingerprint density at radius 1 is 1.12 bits per heavy atom. The smallest absolute Gasteiger partial charge is 0.256 e. The highest BCUT2D eigenvalue weighted by Crippen LogP contribution is 2.13. The Labute approximate surface area is 143 Å². The predicted octanol–water partition coefficient (Wildman–Crippen LogP) is 3.41. The molecule has 1 saturated heterocycles. The summed E-state index contributed by atoms with van der Waals surface area (Å²) >= 11 is 0. The van der Waals surface area contributed by atoms with Gasteiger partial charge in [-0.1, -0.05) is 42.7 Å². The number of hydrogen-bond acceptors (Lipinski definition) is 4. The Morgan fingerprint density at radius 3 is 2.50 bits per heavy atom. The highest BCUT2D eigenvalue weighted by Gasteiger charge is 2.17. The first-order valence-electron chi connectivity index (χ1n) is 8.63. The van der Waals surface area contributed by atoms with Gasteiger partial charge in [0.05, 0.1) is 5.56 Å². The third-order valence-corrected chi connectivity index (χ3v) is 4.33. The lowest BCUT2D eigenvalue weighted by Crippen LogP contribution is -2.32. The van der Waals surface area contributed by atoms with E-state index in [0.29, 0.717) is 18.1 Å². The van der Waals surface area contributed by atoms with Gasteiger partial charge >= 0.3 is 0 Å². The molecule has 0 spiro atoms. The van der Waals surface area contributed by atoms with E-state index in [4.69, 9.17) is 0 Å². The van der Waals surface area contributed by atoms with Crippen LogP contribution >= 0.6 is 0 Å². The maximum absolute atomic E-state index is 12.5. The van der Waals surface area contributed by atoms with Crippen molar-refractivity contribution in [2.45, 2.75) is 39.2 Å². The minimum absolute atomic E-state index is 0.0436. The Hall–Kier alpha value is -2.43. The molecule has 1 N–H and O–H groups in total. The van der Waals surface area contributed by atoms with E-state index in [-0.39, 0.29) is 5.91 Å². The number of amides is 1. The first-order chi connectivity index (χ1) is 11.7. The number of rotatable bonds is 4. The molecule has 5 heteroatoms. The summed E-state index contributed by atoms with van der Waals surface area (Å²) in [6, 6.07) is 8.31. The Bertz CT molecular complexity index is 676. The third kappa shape index (κ3) is 4.31. The number of benzene rings is 1. The number of aromatic nitrogens is 2. The number of carbonyl (C=O) groups excluding carboxylic acids is 1. The molecule has 1 aromatic carbocycles. The lowest BCUT2D eigenvalue weighted by atomic mass is 10.1. The van der Waals surface area contributed by atoms with E-state index >= 15 is 0 Å². The van der Waals surface area contributed by atoms with Gasteiger partial charge in [0.1, 0.15) is 0 Å². The number of carbonyl (C=O) groups is 1. The molecule has 5 nitrogen and oxygen atoms in total. The van der Waals surface area contributed by atoms with E-state index in [0.717, 1.165) is 25.9 Å². The van der Waals surface area contributed by atoms with Gasteiger partial charge in [-0.3, -0.25) is 4.79 Å². The number of aryl methyl sites for hydroxylation is 1. The molecule has 2 aromatic rings. The van der Waals surface area contributed by atoms with Crippen molar-refractivity contribution >= 4 is 11.9 Å². The first kappa shape index (κ1) is 16.4. The summed E-state index contributed by atoms with van der Waals surface area (Å²) in [6.45, 7) is 4.42. The normalized spacial score (nSPS) is 15.0. The topological polar surface area (TPSA) is 58.1 Å². The van der Waals surface area contributed by atoms with E-state index in [1.165, 1.54) is 24.0 Å². The fraction of sp³-hybridized carbons (Fsp3) is 0.421. The van der Waals surface area contributed by atoms with Crippen LogP contribution in [0.1, 0.15) is 47.2 Å². The zero-order chi connectivity index (χ0) is 16.8. The lowest BCUT2D eigenvalue weighted by molar-refractivity contribution is 0.0761. The van der Waals surface area contributed by atoms with Crippen molar-refractivity contribution in [3.8, 4) is 0 Å². The molecule has 2 heterocycles. The summed E-state index contributed by atoms with van der Waals surface area (Å²) < 4.78 is 0. The largest absolute Gasteiger partial charge is 0.350 e. The molecular weight excluding hydrogens is 300 g/mol. The SMILES string of the molecule is Cc1cccc(CNc2ncc(C(=O)N3CCCCCC3)cn2)c1. The van der Waals surface area contributed by atoms with Crippen LogP contribution in [-0.4, -0.2) is 33.9 Å². The standard InChI is InChI=1S/C19H24N4O/c1-15-7-6-8-16(11-15)12-20-19-21-13-17(14-22-19)18(24)23-9-4-2-3-5-10-23/h6-8,11,13-14H,2-5,9-10,12H2,1H3,(H,20,21,22). The monoisotopic (exact) mass is 324 g/mol. The second kappa shape index (κ2) is 7.90. The zero-order valence-corrected chi connectivity index (χ0v) is 14.2. The second-order valence-corrected chi connectivity index (χ2v) is 6.34. The molecule has 0 atom stereocenters. The minimum Gasteiger partial charge on any atom is -0.350 e. The van der Waals surface area contributed by atoms with E-state index in [1.54, 1.807) is 12.4 Å². The van der Waals surface area contributed by atoms with Gasteiger partial charge in [-0.15, -0.1) is 0 Å². The molecular formula is C19H24N4O. The van der Waals surface area contributed by atoms with Gasteiger partial charge in [0.2, 0.25) is 5.95 Å². The van der Waals surface area contributed by atoms with Crippen LogP contribution in [0.5, 0.6) is 0 Å². The second-order valence-electron chi connectivity index (χ2n) is 6.34. The highest BCUT2D eigenvalue weighted by molar-refractivity contribution is 5.93. The van der Waals surface area contributed by atoms with Gasteiger partial charge in [0.15, 0.2) is 0 Å². The van der Waals surface area contributed by atoms with Gasteiger partial charge in [-0.2, -0.15) is 0 Å². The Kier molecular flexibility index (Phi) is 5.41. The molecule has 0 saturated carbocycles. The molecule has 126 valence electrons. The summed E-state index contributed by atoms with van der Waals surface area (Å²) in [5.41, 5.74) is 2.98. The fourth-order valence-electron chi connectivity index (χ4n) is 2.99. The molecule has 0 radical (unpaired) electrons. The van der Waals surface area contributed by atoms with E-state index in [2.05, 4.69) is 40.4 Å². The molecule has 24 heavy (non-hydrogen) atoms. The van der Waals surface area contributed by atoms with Gasteiger partial charge < -0.3 is 10.2 Å². The number of likely N-dealkylation sites (tertiary alicyclic amines) is 1. The summed E-state index contributed by atoms with van der Waals surface area (Å²) in [5.74, 6) is 0.589. The zero-order valence-electron chi connectivity index (χ0n) is 14.2. The van der Waals surface area contributed by atoms with Crippen LogP contribution in [0.4, 0.5) is 5.95 Å². The molecule has 1 aliphatic rings. The summed E-state index contributed by atoms with van der Waals surface area (Å²) in [5, 5.41) is 3.20. The maximum atomic E-state index is 12.5. The minimum atomic E-state index is 0.0436. The molecule has 1 aliphatic heterocycles. The Balaban J connectivity index is 1.59. The summed E-state index contributed by atoms with van der Waals surface area (Å²) in [4.78, 5) is 23.0. The van der Waals surface area contributed by atoms with Crippen molar-refractivity contribution in [1.29, 1.82) is 0 Å². The van der Waals surface area contributed by atoms with Crippen LogP contribution in [-0.2, 0) is 6.54 Å². The van der Waals surface area contributed by atoms with Crippen LogP contribution in [0.25, 0.3) is 0 Å². The third-order valence-electron chi connectivity index (χ3n) is 4.33. The van der Waals surface area contributed by atoms with Gasteiger partial charge in [0.25, 0.3) is 5.91 Å². The van der Waals surface area contributed by atoms with E-state index < -0.39 is 0 Å². The van der Waals surface area contributed by atoms with E-state index in [1.807, 2.05) is 11.0 Å². The quantitative estimate of drug-likeness (QED) is 0.936. The molecule has 1 amide bonds. The van der Waals surface area contributed by atoms with Gasteiger partial charge in [-0.25, -0.2) is 9.97 Å². The first-order valence-corrected chi connectivity index (χ1v) is 8.63. The molecule has 3 rings (SSSR count). The average molecular weight is 324 g/mol. The lowest BCUT2D eigenvalue weighted by Gasteiger charge is -2.19. The Morgan fingerprint density at radius 2 is 1.83 bits per heavy atom. The fourth-order valence-corrected chi connectivity index (χ4v) is 2.99. The van der Waals surface area contributed by atoms with Crippen molar-refractivity contribution in [3.05, 3.63) is 53.3 Å². The van der Waals surface area contributed by atoms with Crippen molar-refractivity contribution in [1.82, 2.24) is 14.9 Å². The van der Waals surface area contributed by atoms with Crippen molar-refractivity contribution < 1.29 is 4.79 Å². The van der Waals surface area contributed by atoms with Gasteiger partial charge in [-0.05, 0) is 25.3 Å². The highest BCUT2D eigenvalue weighted by atomic mass is 16.2.